The van der Waals surface area contributed by atoms with Gasteiger partial charge in [-0.05, 0) is 43.0 Å². The Morgan fingerprint density at radius 1 is 1.30 bits per heavy atom. The zero-order chi connectivity index (χ0) is 18.6. The van der Waals surface area contributed by atoms with Gasteiger partial charge < -0.3 is 5.32 Å². The number of rotatable bonds is 5. The molecule has 1 aromatic carbocycles. The standard InChI is InChI=1S/C20H19N5OS/c21-12-15-13-22-25(16-6-2-1-3-7-16)20(15)23-19(26)14-24-10-4-8-17(24)18-9-5-11-27-18/h1-3,5-7,9,11,13,17H,4,8,10,14H2,(H,23,26). The molecule has 27 heavy (non-hydrogen) atoms. The maximum atomic E-state index is 12.7. The van der Waals surface area contributed by atoms with Crippen molar-refractivity contribution < 1.29 is 4.79 Å². The maximum Gasteiger partial charge on any atom is 0.239 e. The summed E-state index contributed by atoms with van der Waals surface area (Å²) in [5.74, 6) is 0.285. The van der Waals surface area contributed by atoms with Crippen molar-refractivity contribution in [3.05, 3.63) is 64.5 Å². The number of thiophene rings is 1. The van der Waals surface area contributed by atoms with Crippen molar-refractivity contribution in [3.63, 3.8) is 0 Å². The van der Waals surface area contributed by atoms with Crippen LogP contribution < -0.4 is 5.32 Å². The van der Waals surface area contributed by atoms with Crippen molar-refractivity contribution in [2.24, 2.45) is 0 Å². The molecule has 4 rings (SSSR count). The normalized spacial score (nSPS) is 16.9. The van der Waals surface area contributed by atoms with E-state index in [0.29, 0.717) is 24.0 Å². The first-order chi connectivity index (χ1) is 13.3. The van der Waals surface area contributed by atoms with Crippen LogP contribution in [0.4, 0.5) is 5.82 Å². The first-order valence-corrected chi connectivity index (χ1v) is 9.75. The summed E-state index contributed by atoms with van der Waals surface area (Å²) in [5, 5.41) is 18.6. The van der Waals surface area contributed by atoms with Crippen molar-refractivity contribution in [1.82, 2.24) is 14.7 Å². The third-order valence-corrected chi connectivity index (χ3v) is 5.70. The number of hydrogen-bond donors (Lipinski definition) is 1. The molecule has 1 aliphatic rings. The smallest absolute Gasteiger partial charge is 0.239 e. The average molecular weight is 377 g/mol. The van der Waals surface area contributed by atoms with E-state index in [0.717, 1.165) is 25.1 Å². The van der Waals surface area contributed by atoms with Crippen molar-refractivity contribution in [2.75, 3.05) is 18.4 Å². The Morgan fingerprint density at radius 3 is 2.89 bits per heavy atom. The van der Waals surface area contributed by atoms with Crippen LogP contribution in [0.2, 0.25) is 0 Å². The first-order valence-electron chi connectivity index (χ1n) is 8.87. The molecule has 0 radical (unpaired) electrons. The lowest BCUT2D eigenvalue weighted by Gasteiger charge is -2.23. The largest absolute Gasteiger partial charge is 0.308 e. The second-order valence-corrected chi connectivity index (χ2v) is 7.44. The highest BCUT2D eigenvalue weighted by Gasteiger charge is 2.28. The van der Waals surface area contributed by atoms with Gasteiger partial charge in [0.05, 0.1) is 18.4 Å². The summed E-state index contributed by atoms with van der Waals surface area (Å²) >= 11 is 1.73. The molecule has 136 valence electrons. The van der Waals surface area contributed by atoms with Crippen LogP contribution in [0.5, 0.6) is 0 Å². The van der Waals surface area contributed by atoms with E-state index in [1.807, 2.05) is 36.4 Å². The number of para-hydroxylation sites is 1. The molecule has 1 saturated heterocycles. The van der Waals surface area contributed by atoms with E-state index in [1.54, 1.807) is 16.0 Å². The monoisotopic (exact) mass is 377 g/mol. The van der Waals surface area contributed by atoms with Gasteiger partial charge in [-0.1, -0.05) is 24.3 Å². The summed E-state index contributed by atoms with van der Waals surface area (Å²) in [5.41, 5.74) is 1.15. The minimum atomic E-state index is -0.132. The number of anilines is 1. The van der Waals surface area contributed by atoms with E-state index in [4.69, 9.17) is 0 Å². The molecule has 0 spiro atoms. The van der Waals surface area contributed by atoms with Crippen LogP contribution in [0.1, 0.15) is 29.3 Å². The molecule has 0 bridgehead atoms. The molecular formula is C20H19N5OS. The zero-order valence-electron chi connectivity index (χ0n) is 14.7. The number of carbonyl (C=O) groups excluding carboxylic acids is 1. The fraction of sp³-hybridized carbons (Fsp3) is 0.250. The second-order valence-electron chi connectivity index (χ2n) is 6.46. The lowest BCUT2D eigenvalue weighted by atomic mass is 10.2. The highest BCUT2D eigenvalue weighted by Crippen LogP contribution is 2.34. The van der Waals surface area contributed by atoms with Crippen LogP contribution in [0.25, 0.3) is 5.69 Å². The molecule has 1 aliphatic heterocycles. The fourth-order valence-electron chi connectivity index (χ4n) is 3.49. The van der Waals surface area contributed by atoms with Gasteiger partial charge in [-0.3, -0.25) is 9.69 Å². The molecule has 1 atom stereocenters. The van der Waals surface area contributed by atoms with Crippen molar-refractivity contribution in [3.8, 4) is 11.8 Å². The van der Waals surface area contributed by atoms with Crippen LogP contribution in [-0.4, -0.2) is 33.7 Å². The highest BCUT2D eigenvalue weighted by atomic mass is 32.1. The zero-order valence-corrected chi connectivity index (χ0v) is 15.5. The Labute approximate surface area is 161 Å². The first kappa shape index (κ1) is 17.5. The predicted molar refractivity (Wildman–Crippen MR) is 105 cm³/mol. The van der Waals surface area contributed by atoms with Crippen LogP contribution in [0, 0.1) is 11.3 Å². The fourth-order valence-corrected chi connectivity index (χ4v) is 4.39. The molecule has 1 N–H and O–H groups in total. The molecule has 3 aromatic rings. The van der Waals surface area contributed by atoms with Gasteiger partial charge >= 0.3 is 0 Å². The maximum absolute atomic E-state index is 12.7. The summed E-state index contributed by atoms with van der Waals surface area (Å²) < 4.78 is 1.59. The summed E-state index contributed by atoms with van der Waals surface area (Å²) in [6.07, 6.45) is 3.63. The second kappa shape index (κ2) is 7.74. The Kier molecular flexibility index (Phi) is 5.01. The number of nitrogens with one attached hydrogen (secondary N) is 1. The predicted octanol–water partition coefficient (Wildman–Crippen LogP) is 3.58. The van der Waals surface area contributed by atoms with Crippen LogP contribution in [-0.2, 0) is 4.79 Å². The molecule has 0 saturated carbocycles. The summed E-state index contributed by atoms with van der Waals surface area (Å²) in [6.45, 7) is 1.20. The van der Waals surface area contributed by atoms with Gasteiger partial charge in [0.15, 0.2) is 5.82 Å². The number of likely N-dealkylation sites (tertiary alicyclic amines) is 1. The SMILES string of the molecule is N#Cc1cnn(-c2ccccc2)c1NC(=O)CN1CCCC1c1cccs1. The number of aromatic nitrogens is 2. The van der Waals surface area contributed by atoms with Crippen molar-refractivity contribution >= 4 is 23.1 Å². The third kappa shape index (κ3) is 3.63. The van der Waals surface area contributed by atoms with Crippen LogP contribution >= 0.6 is 11.3 Å². The number of benzene rings is 1. The topological polar surface area (TPSA) is 74.0 Å². The van der Waals surface area contributed by atoms with Gasteiger partial charge in [0.25, 0.3) is 0 Å². The highest BCUT2D eigenvalue weighted by molar-refractivity contribution is 7.10. The number of hydrogen-bond acceptors (Lipinski definition) is 5. The molecule has 2 aromatic heterocycles. The number of amides is 1. The minimum absolute atomic E-state index is 0.132. The lowest BCUT2D eigenvalue weighted by Crippen LogP contribution is -2.33. The summed E-state index contributed by atoms with van der Waals surface area (Å²) in [7, 11) is 0. The van der Waals surface area contributed by atoms with E-state index in [1.165, 1.54) is 11.1 Å². The third-order valence-electron chi connectivity index (χ3n) is 4.73. The van der Waals surface area contributed by atoms with Gasteiger partial charge in [0.1, 0.15) is 11.6 Å². The van der Waals surface area contributed by atoms with Crippen molar-refractivity contribution in [2.45, 2.75) is 18.9 Å². The van der Waals surface area contributed by atoms with Crippen LogP contribution in [0.15, 0.2) is 54.0 Å². The number of carbonyl (C=O) groups is 1. The minimum Gasteiger partial charge on any atom is -0.308 e. The van der Waals surface area contributed by atoms with E-state index >= 15 is 0 Å². The quantitative estimate of drug-likeness (QED) is 0.737. The number of nitriles is 1. The molecule has 3 heterocycles. The molecule has 7 heteroatoms. The Balaban J connectivity index is 1.52. The number of nitrogens with zero attached hydrogens (tertiary/aromatic N) is 4. The summed E-state index contributed by atoms with van der Waals surface area (Å²) in [4.78, 5) is 16.2. The van der Waals surface area contributed by atoms with Gasteiger partial charge in [0, 0.05) is 10.9 Å². The van der Waals surface area contributed by atoms with E-state index in [-0.39, 0.29) is 5.91 Å². The van der Waals surface area contributed by atoms with Gasteiger partial charge in [-0.2, -0.15) is 10.4 Å². The molecular weight excluding hydrogens is 358 g/mol. The van der Waals surface area contributed by atoms with Crippen molar-refractivity contribution in [1.29, 1.82) is 5.26 Å². The van der Waals surface area contributed by atoms with Gasteiger partial charge in [-0.15, -0.1) is 11.3 Å². The molecule has 1 unspecified atom stereocenters. The van der Waals surface area contributed by atoms with E-state index in [2.05, 4.69) is 32.8 Å². The average Bonchev–Trinajstić information content (AvgIpc) is 3.43. The van der Waals surface area contributed by atoms with Gasteiger partial charge in [-0.25, -0.2) is 4.68 Å². The Bertz CT molecular complexity index is 958. The molecule has 0 aliphatic carbocycles. The van der Waals surface area contributed by atoms with Gasteiger partial charge in [0.2, 0.25) is 5.91 Å². The van der Waals surface area contributed by atoms with E-state index in [9.17, 15) is 10.1 Å². The molecule has 1 fully saturated rings. The van der Waals surface area contributed by atoms with E-state index < -0.39 is 0 Å². The molecule has 6 nitrogen and oxygen atoms in total. The Hall–Kier alpha value is -2.95. The summed E-state index contributed by atoms with van der Waals surface area (Å²) in [6, 6.07) is 16.1. The molecule has 1 amide bonds. The van der Waals surface area contributed by atoms with Crippen LogP contribution in [0.3, 0.4) is 0 Å². The Morgan fingerprint density at radius 2 is 2.15 bits per heavy atom. The lowest BCUT2D eigenvalue weighted by molar-refractivity contribution is -0.117.